The number of hydrogen-bond donors (Lipinski definition) is 0. The van der Waals surface area contributed by atoms with E-state index in [-0.39, 0.29) is 0 Å². The van der Waals surface area contributed by atoms with E-state index < -0.39 is 14.3 Å². The van der Waals surface area contributed by atoms with Crippen LogP contribution in [0.1, 0.15) is 0 Å². The number of para-hydroxylation sites is 4. The topological polar surface area (TPSA) is 13.0 Å². The Hall–Kier alpha value is -3.13. The van der Waals surface area contributed by atoms with Gasteiger partial charge in [-0.3, -0.25) is 0 Å². The summed E-state index contributed by atoms with van der Waals surface area (Å²) in [6.45, 7) is 1.02. The van der Waals surface area contributed by atoms with Crippen LogP contribution < -0.4 is 24.8 Å². The van der Waals surface area contributed by atoms with E-state index in [0.29, 0.717) is 24.7 Å². The van der Waals surface area contributed by atoms with Crippen molar-refractivity contribution in [2.24, 2.45) is 0 Å². The van der Waals surface area contributed by atoms with Crippen molar-refractivity contribution in [3.05, 3.63) is 66.7 Å². The van der Waals surface area contributed by atoms with Gasteiger partial charge in [0.1, 0.15) is 0 Å². The zero-order valence-electron chi connectivity index (χ0n) is 16.7. The number of anilines is 6. The monoisotopic (exact) mass is 426 g/mol. The van der Waals surface area contributed by atoms with Gasteiger partial charge in [-0.25, -0.2) is 12.3 Å². The van der Waals surface area contributed by atoms with Gasteiger partial charge in [0.15, 0.2) is 0 Å². The van der Waals surface area contributed by atoms with Gasteiger partial charge in [0.25, 0.3) is 0 Å². The van der Waals surface area contributed by atoms with E-state index in [0.717, 1.165) is 22.7 Å². The second kappa shape index (κ2) is 6.70. The molecule has 0 unspecified atom stereocenters. The van der Waals surface area contributed by atoms with Crippen molar-refractivity contribution in [3.8, 4) is 0 Å². The molecule has 154 valence electrons. The summed E-state index contributed by atoms with van der Waals surface area (Å²) >= 11 is 0. The fraction of sp³-hybridized carbons (Fsp3) is 0.182. The summed E-state index contributed by atoms with van der Waals surface area (Å²) in [5, 5.41) is -0.505. The third-order valence-electron chi connectivity index (χ3n) is 5.73. The summed E-state index contributed by atoms with van der Waals surface area (Å²) in [5.41, 5.74) is 5.00. The molecule has 0 bridgehead atoms. The zero-order valence-corrected chi connectivity index (χ0v) is 17.7. The molecule has 2 heterocycles. The van der Waals surface area contributed by atoms with Crippen LogP contribution in [0.3, 0.4) is 0 Å². The van der Waals surface area contributed by atoms with Crippen molar-refractivity contribution in [2.45, 2.75) is 0 Å². The van der Waals surface area contributed by atoms with Crippen LogP contribution in [0.2, 0.25) is 0 Å². The van der Waals surface area contributed by atoms with Gasteiger partial charge in [-0.05, 0) is 42.5 Å². The third-order valence-corrected chi connectivity index (χ3v) is 6.67. The minimum Gasteiger partial charge on any atom is -0.355 e. The Kier molecular flexibility index (Phi) is 4.21. The van der Waals surface area contributed by atoms with Gasteiger partial charge in [-0.1, -0.05) is 24.3 Å². The molecule has 3 aromatic rings. The number of hydrogen-bond acceptors (Lipinski definition) is 4. The molecule has 3 aromatic carbocycles. The SMILES string of the molecule is CN1CN(c2cc(N3CN(C)c4ccccc43)cc([Si](F)(F)F)c2)c2ccccc21. The number of halogens is 3. The van der Waals surface area contributed by atoms with Crippen molar-refractivity contribution in [1.82, 2.24) is 0 Å². The van der Waals surface area contributed by atoms with Gasteiger partial charge in [0.05, 0.1) is 36.1 Å². The predicted octanol–water partition coefficient (Wildman–Crippen LogP) is 4.83. The lowest BCUT2D eigenvalue weighted by molar-refractivity contribution is 0.501. The highest BCUT2D eigenvalue weighted by molar-refractivity contribution is 6.73. The van der Waals surface area contributed by atoms with Crippen molar-refractivity contribution in [1.29, 1.82) is 0 Å². The molecule has 30 heavy (non-hydrogen) atoms. The molecule has 0 fully saturated rings. The highest BCUT2D eigenvalue weighted by Crippen LogP contribution is 2.43. The Bertz CT molecular complexity index is 1040. The van der Waals surface area contributed by atoms with Crippen LogP contribution in [0.15, 0.2) is 66.7 Å². The summed E-state index contributed by atoms with van der Waals surface area (Å²) in [7, 11) is -2.09. The molecule has 0 atom stereocenters. The molecule has 2 aliphatic heterocycles. The quantitative estimate of drug-likeness (QED) is 0.439. The maximum absolute atomic E-state index is 13.9. The minimum atomic E-state index is -6.00. The molecule has 0 spiro atoms. The van der Waals surface area contributed by atoms with Crippen LogP contribution in [0.25, 0.3) is 0 Å². The summed E-state index contributed by atoms with van der Waals surface area (Å²) in [6.07, 6.45) is 0. The van der Waals surface area contributed by atoms with Crippen LogP contribution in [-0.2, 0) is 0 Å². The second-order valence-electron chi connectivity index (χ2n) is 7.75. The number of nitrogens with zero attached hydrogens (tertiary/aromatic N) is 4. The fourth-order valence-corrected chi connectivity index (χ4v) is 4.89. The molecule has 0 saturated heterocycles. The van der Waals surface area contributed by atoms with Gasteiger partial charge < -0.3 is 19.6 Å². The first-order valence-electron chi connectivity index (χ1n) is 9.70. The maximum Gasteiger partial charge on any atom is 0.653 e. The van der Waals surface area contributed by atoms with E-state index in [2.05, 4.69) is 0 Å². The lowest BCUT2D eigenvalue weighted by Crippen LogP contribution is -2.36. The summed E-state index contributed by atoms with van der Waals surface area (Å²) in [5.74, 6) is 0. The van der Waals surface area contributed by atoms with E-state index in [9.17, 15) is 12.3 Å². The van der Waals surface area contributed by atoms with Crippen LogP contribution in [0.5, 0.6) is 0 Å². The summed E-state index contributed by atoms with van der Waals surface area (Å²) in [6, 6.07) is 20.1. The maximum atomic E-state index is 13.9. The van der Waals surface area contributed by atoms with Crippen LogP contribution in [-0.4, -0.2) is 36.5 Å². The first-order chi connectivity index (χ1) is 14.3. The van der Waals surface area contributed by atoms with Crippen LogP contribution in [0, 0.1) is 0 Å². The van der Waals surface area contributed by atoms with E-state index >= 15 is 0 Å². The Morgan fingerprint density at radius 1 is 0.633 bits per heavy atom. The lowest BCUT2D eigenvalue weighted by atomic mass is 10.2. The van der Waals surface area contributed by atoms with Gasteiger partial charge in [-0.2, -0.15) is 0 Å². The van der Waals surface area contributed by atoms with Gasteiger partial charge in [-0.15, -0.1) is 0 Å². The molecule has 0 saturated carbocycles. The van der Waals surface area contributed by atoms with E-state index in [1.807, 2.05) is 88.3 Å². The van der Waals surface area contributed by atoms with E-state index in [4.69, 9.17) is 0 Å². The Labute approximate surface area is 174 Å². The standard InChI is InChI=1S/C22H21F3N4Si/c1-26-14-28(21-9-5-3-7-19(21)26)16-11-17(13-18(12-16)30(23,24)25)29-15-27(2)20-8-4-6-10-22(20)29/h3-13H,14-15H2,1-2H3. The Morgan fingerprint density at radius 3 is 1.43 bits per heavy atom. The fourth-order valence-electron chi connectivity index (χ4n) is 4.27. The van der Waals surface area contributed by atoms with Crippen LogP contribution in [0.4, 0.5) is 46.4 Å². The van der Waals surface area contributed by atoms with E-state index in [1.54, 1.807) is 0 Å². The number of benzene rings is 3. The van der Waals surface area contributed by atoms with Crippen molar-refractivity contribution >= 4 is 48.4 Å². The van der Waals surface area contributed by atoms with E-state index in [1.165, 1.54) is 12.1 Å². The van der Waals surface area contributed by atoms with Crippen molar-refractivity contribution < 1.29 is 12.3 Å². The average Bonchev–Trinajstić information content (AvgIpc) is 3.25. The number of fused-ring (bicyclic) bond motifs is 2. The molecule has 0 aromatic heterocycles. The summed E-state index contributed by atoms with van der Waals surface area (Å²) in [4.78, 5) is 8.00. The Balaban J connectivity index is 1.64. The minimum absolute atomic E-state index is 0.505. The molecule has 4 nitrogen and oxygen atoms in total. The summed E-state index contributed by atoms with van der Waals surface area (Å²) < 4.78 is 41.8. The normalized spacial score (nSPS) is 15.6. The lowest BCUT2D eigenvalue weighted by Gasteiger charge is -2.25. The first kappa shape index (κ1) is 18.9. The highest BCUT2D eigenvalue weighted by atomic mass is 28.5. The van der Waals surface area contributed by atoms with Gasteiger partial charge in [0, 0.05) is 30.7 Å². The Morgan fingerprint density at radius 2 is 1.03 bits per heavy atom. The largest absolute Gasteiger partial charge is 0.653 e. The molecule has 0 N–H and O–H groups in total. The molecule has 0 amide bonds. The first-order valence-corrected chi connectivity index (χ1v) is 11.3. The molecule has 2 aliphatic rings. The molecule has 0 aliphatic carbocycles. The van der Waals surface area contributed by atoms with Crippen molar-refractivity contribution in [3.63, 3.8) is 0 Å². The molecule has 5 rings (SSSR count). The number of rotatable bonds is 3. The average molecular weight is 427 g/mol. The second-order valence-corrected chi connectivity index (χ2v) is 9.32. The molecule has 8 heteroatoms. The smallest absolute Gasteiger partial charge is 0.355 e. The third kappa shape index (κ3) is 2.99. The molecule has 0 radical (unpaired) electrons. The van der Waals surface area contributed by atoms with Crippen molar-refractivity contribution in [2.75, 3.05) is 47.0 Å². The van der Waals surface area contributed by atoms with Gasteiger partial charge >= 0.3 is 9.08 Å². The predicted molar refractivity (Wildman–Crippen MR) is 119 cm³/mol. The molecular formula is C22H21F3N4Si. The van der Waals surface area contributed by atoms with Crippen LogP contribution >= 0.6 is 0 Å². The molecular weight excluding hydrogens is 405 g/mol. The van der Waals surface area contributed by atoms with Gasteiger partial charge in [0.2, 0.25) is 0 Å². The highest BCUT2D eigenvalue weighted by Gasteiger charge is 2.41. The zero-order chi connectivity index (χ0) is 21.0.